The van der Waals surface area contributed by atoms with E-state index in [-0.39, 0.29) is 0 Å². The van der Waals surface area contributed by atoms with Crippen molar-refractivity contribution in [3.63, 3.8) is 0 Å². The zero-order chi connectivity index (χ0) is 15.6. The van der Waals surface area contributed by atoms with Gasteiger partial charge in [-0.15, -0.1) is 0 Å². The molecule has 0 saturated heterocycles. The lowest BCUT2D eigenvalue weighted by Crippen LogP contribution is -2.29. The molecule has 3 aromatic rings. The molecule has 1 aliphatic rings. The minimum atomic E-state index is 0.968. The second-order valence-electron chi connectivity index (χ2n) is 6.05. The van der Waals surface area contributed by atoms with Crippen LogP contribution in [-0.2, 0) is 6.42 Å². The fourth-order valence-electron chi connectivity index (χ4n) is 3.28. The Morgan fingerprint density at radius 1 is 1.22 bits per heavy atom. The Labute approximate surface area is 141 Å². The number of para-hydroxylation sites is 1. The van der Waals surface area contributed by atoms with Crippen LogP contribution in [0.15, 0.2) is 42.5 Å². The summed E-state index contributed by atoms with van der Waals surface area (Å²) in [6, 6.07) is 14.9. The van der Waals surface area contributed by atoms with E-state index >= 15 is 0 Å². The van der Waals surface area contributed by atoms with Crippen LogP contribution in [0.3, 0.4) is 0 Å². The highest BCUT2D eigenvalue weighted by Gasteiger charge is 2.18. The first-order chi connectivity index (χ1) is 11.3. The summed E-state index contributed by atoms with van der Waals surface area (Å²) in [7, 11) is 0. The van der Waals surface area contributed by atoms with Crippen molar-refractivity contribution in [3.8, 4) is 0 Å². The quantitative estimate of drug-likeness (QED) is 0.715. The number of fused-ring (bicyclic) bond motifs is 2. The zero-order valence-electron chi connectivity index (χ0n) is 13.4. The number of anilines is 3. The Bertz CT molecular complexity index is 810. The molecule has 0 fully saturated rings. The Morgan fingerprint density at radius 2 is 2.09 bits per heavy atom. The van der Waals surface area contributed by atoms with E-state index in [1.54, 1.807) is 11.3 Å². The van der Waals surface area contributed by atoms with Crippen molar-refractivity contribution in [2.24, 2.45) is 0 Å². The number of hydrogen-bond donors (Lipinski definition) is 1. The summed E-state index contributed by atoms with van der Waals surface area (Å²) < 4.78 is 1.28. The van der Waals surface area contributed by atoms with Crippen LogP contribution in [0.4, 0.5) is 16.5 Å². The van der Waals surface area contributed by atoms with E-state index in [1.807, 2.05) is 18.2 Å². The van der Waals surface area contributed by atoms with Crippen LogP contribution >= 0.6 is 11.3 Å². The van der Waals surface area contributed by atoms with Crippen molar-refractivity contribution in [3.05, 3.63) is 48.0 Å². The highest BCUT2D eigenvalue weighted by atomic mass is 32.1. The first-order valence-electron chi connectivity index (χ1n) is 8.34. The Balaban J connectivity index is 1.69. The van der Waals surface area contributed by atoms with Crippen LogP contribution in [0.1, 0.15) is 25.3 Å². The average molecular weight is 323 g/mol. The molecule has 2 heterocycles. The van der Waals surface area contributed by atoms with Gasteiger partial charge in [-0.2, -0.15) is 0 Å². The molecule has 0 unspecified atom stereocenters. The molecule has 4 heteroatoms. The maximum Gasteiger partial charge on any atom is 0.188 e. The molecule has 118 valence electrons. The van der Waals surface area contributed by atoms with Gasteiger partial charge in [0.15, 0.2) is 5.13 Å². The molecule has 4 rings (SSSR count). The topological polar surface area (TPSA) is 28.2 Å². The van der Waals surface area contributed by atoms with Crippen LogP contribution < -0.4 is 10.2 Å². The van der Waals surface area contributed by atoms with Crippen molar-refractivity contribution in [1.82, 2.24) is 4.98 Å². The first-order valence-corrected chi connectivity index (χ1v) is 9.15. The molecule has 3 nitrogen and oxygen atoms in total. The van der Waals surface area contributed by atoms with Crippen LogP contribution in [0, 0.1) is 0 Å². The average Bonchev–Trinajstić information content (AvgIpc) is 2.95. The van der Waals surface area contributed by atoms with Gasteiger partial charge in [0.1, 0.15) is 0 Å². The third-order valence-electron chi connectivity index (χ3n) is 4.32. The van der Waals surface area contributed by atoms with Gasteiger partial charge in [-0.05, 0) is 49.1 Å². The molecule has 1 aliphatic heterocycles. The number of aromatic nitrogens is 1. The largest absolute Gasteiger partial charge is 0.371 e. The van der Waals surface area contributed by atoms with Gasteiger partial charge in [0.25, 0.3) is 0 Å². The standard InChI is InChI=1S/C19H21N3S/c1-2-10-22-11-6-7-14-12-18-16(13-17(14)22)21-19(23-18)20-15-8-4-3-5-9-15/h3-5,8-9,12-13H,2,6-7,10-11H2,1H3,(H,20,21). The lowest BCUT2D eigenvalue weighted by Gasteiger charge is -2.31. The SMILES string of the molecule is CCCN1CCCc2cc3sc(Nc4ccccc4)nc3cc21. The third kappa shape index (κ3) is 2.91. The van der Waals surface area contributed by atoms with Crippen molar-refractivity contribution in [2.75, 3.05) is 23.3 Å². The van der Waals surface area contributed by atoms with Crippen LogP contribution in [0.5, 0.6) is 0 Å². The Hall–Kier alpha value is -2.07. The number of rotatable bonds is 4. The van der Waals surface area contributed by atoms with Gasteiger partial charge in [-0.25, -0.2) is 4.98 Å². The highest BCUT2D eigenvalue weighted by molar-refractivity contribution is 7.22. The summed E-state index contributed by atoms with van der Waals surface area (Å²) >= 11 is 1.74. The number of benzene rings is 2. The summed E-state index contributed by atoms with van der Waals surface area (Å²) in [4.78, 5) is 7.31. The van der Waals surface area contributed by atoms with Gasteiger partial charge in [-0.1, -0.05) is 36.5 Å². The number of nitrogens with one attached hydrogen (secondary N) is 1. The molecule has 0 spiro atoms. The Morgan fingerprint density at radius 3 is 2.91 bits per heavy atom. The predicted molar refractivity (Wildman–Crippen MR) is 100 cm³/mol. The maximum absolute atomic E-state index is 4.79. The minimum Gasteiger partial charge on any atom is -0.371 e. The molecule has 1 N–H and O–H groups in total. The summed E-state index contributed by atoms with van der Waals surface area (Å²) in [5.41, 5.74) is 5.06. The lowest BCUT2D eigenvalue weighted by atomic mass is 10.0. The van der Waals surface area contributed by atoms with Crippen LogP contribution in [0.25, 0.3) is 10.2 Å². The molecule has 2 aromatic carbocycles. The normalized spacial score (nSPS) is 14.0. The van der Waals surface area contributed by atoms with Gasteiger partial charge in [0.05, 0.1) is 10.2 Å². The second-order valence-corrected chi connectivity index (χ2v) is 7.08. The molecule has 23 heavy (non-hydrogen) atoms. The van der Waals surface area contributed by atoms with Crippen molar-refractivity contribution in [1.29, 1.82) is 0 Å². The molecular weight excluding hydrogens is 302 g/mol. The molecule has 0 radical (unpaired) electrons. The summed E-state index contributed by atoms with van der Waals surface area (Å²) in [6.45, 7) is 4.56. The van der Waals surface area contributed by atoms with Gasteiger partial charge >= 0.3 is 0 Å². The van der Waals surface area contributed by atoms with Crippen LogP contribution in [0.2, 0.25) is 0 Å². The van der Waals surface area contributed by atoms with Gasteiger partial charge in [0, 0.05) is 24.5 Å². The fourth-order valence-corrected chi connectivity index (χ4v) is 4.21. The molecule has 1 aromatic heterocycles. The minimum absolute atomic E-state index is 0.968. The summed E-state index contributed by atoms with van der Waals surface area (Å²) in [5, 5.41) is 4.38. The number of hydrogen-bond acceptors (Lipinski definition) is 4. The van der Waals surface area contributed by atoms with E-state index in [2.05, 4.69) is 41.4 Å². The van der Waals surface area contributed by atoms with E-state index in [9.17, 15) is 0 Å². The van der Waals surface area contributed by atoms with Gasteiger partial charge < -0.3 is 10.2 Å². The van der Waals surface area contributed by atoms with Crippen molar-refractivity contribution >= 4 is 38.1 Å². The van der Waals surface area contributed by atoms with E-state index in [1.165, 1.54) is 41.8 Å². The lowest BCUT2D eigenvalue weighted by molar-refractivity contribution is 0.682. The second kappa shape index (κ2) is 6.20. The van der Waals surface area contributed by atoms with Crippen molar-refractivity contribution in [2.45, 2.75) is 26.2 Å². The summed E-state index contributed by atoms with van der Waals surface area (Å²) in [6.07, 6.45) is 3.63. The highest BCUT2D eigenvalue weighted by Crippen LogP contribution is 2.36. The smallest absolute Gasteiger partial charge is 0.188 e. The Kier molecular flexibility index (Phi) is 3.92. The van der Waals surface area contributed by atoms with E-state index in [4.69, 9.17) is 4.98 Å². The number of aryl methyl sites for hydroxylation is 1. The number of nitrogens with zero attached hydrogens (tertiary/aromatic N) is 2. The predicted octanol–water partition coefficient (Wildman–Crippen LogP) is 5.20. The van der Waals surface area contributed by atoms with E-state index in [0.29, 0.717) is 0 Å². The summed E-state index contributed by atoms with van der Waals surface area (Å²) in [5.74, 6) is 0. The first kappa shape index (κ1) is 14.5. The van der Waals surface area contributed by atoms with Crippen molar-refractivity contribution < 1.29 is 0 Å². The maximum atomic E-state index is 4.79. The van der Waals surface area contributed by atoms with E-state index < -0.39 is 0 Å². The number of thiazole rings is 1. The van der Waals surface area contributed by atoms with Gasteiger partial charge in [-0.3, -0.25) is 0 Å². The molecule has 0 atom stereocenters. The molecule has 0 aliphatic carbocycles. The third-order valence-corrected chi connectivity index (χ3v) is 5.26. The van der Waals surface area contributed by atoms with Crippen LogP contribution in [-0.4, -0.2) is 18.1 Å². The monoisotopic (exact) mass is 323 g/mol. The van der Waals surface area contributed by atoms with E-state index in [0.717, 1.165) is 22.9 Å². The molecule has 0 amide bonds. The van der Waals surface area contributed by atoms with Gasteiger partial charge in [0.2, 0.25) is 0 Å². The fraction of sp³-hybridized carbons (Fsp3) is 0.316. The molecule has 0 bridgehead atoms. The molecular formula is C19H21N3S. The molecule has 0 saturated carbocycles. The zero-order valence-corrected chi connectivity index (χ0v) is 14.2.